The Morgan fingerprint density at radius 1 is 1.20 bits per heavy atom. The highest BCUT2D eigenvalue weighted by Gasteiger charge is 2.27. The lowest BCUT2D eigenvalue weighted by Crippen LogP contribution is -2.45. The van der Waals surface area contributed by atoms with E-state index in [0.717, 1.165) is 25.2 Å². The summed E-state index contributed by atoms with van der Waals surface area (Å²) in [6.07, 6.45) is 1.99. The van der Waals surface area contributed by atoms with E-state index in [9.17, 15) is 13.2 Å². The summed E-state index contributed by atoms with van der Waals surface area (Å²) < 4.78 is 41.1. The minimum atomic E-state index is -1.09. The number of hydrogen-bond acceptors (Lipinski definition) is 2. The Morgan fingerprint density at radius 3 is 2.40 bits per heavy atom. The molecule has 0 aromatic heterocycles. The zero-order valence-corrected chi connectivity index (χ0v) is 11.9. The van der Waals surface area contributed by atoms with Crippen LogP contribution in [0.4, 0.5) is 13.2 Å². The molecule has 2 rings (SSSR count). The predicted molar refractivity (Wildman–Crippen MR) is 75.6 cm³/mol. The maximum Gasteiger partial charge on any atom is 0.166 e. The van der Waals surface area contributed by atoms with Crippen LogP contribution in [0.1, 0.15) is 18.0 Å². The normalized spacial score (nSPS) is 17.4. The van der Waals surface area contributed by atoms with Gasteiger partial charge in [-0.2, -0.15) is 0 Å². The van der Waals surface area contributed by atoms with Crippen LogP contribution in [-0.4, -0.2) is 31.1 Å². The van der Waals surface area contributed by atoms with E-state index in [1.807, 2.05) is 4.90 Å². The molecule has 0 saturated carbocycles. The Labute approximate surface area is 123 Å². The third-order valence-electron chi connectivity index (χ3n) is 3.39. The number of hydrogen-bond donors (Lipinski definition) is 1. The van der Waals surface area contributed by atoms with E-state index in [1.165, 1.54) is 0 Å². The van der Waals surface area contributed by atoms with Gasteiger partial charge in [0.05, 0.1) is 0 Å². The van der Waals surface area contributed by atoms with Gasteiger partial charge in [0.2, 0.25) is 0 Å². The summed E-state index contributed by atoms with van der Waals surface area (Å²) in [5.74, 6) is -2.81. The first kappa shape index (κ1) is 17.0. The monoisotopic (exact) mass is 306 g/mol. The molecule has 1 aromatic carbocycles. The quantitative estimate of drug-likeness (QED) is 0.679. The molecule has 1 aromatic rings. The Morgan fingerprint density at radius 2 is 1.80 bits per heavy atom. The highest BCUT2D eigenvalue weighted by molar-refractivity contribution is 5.85. The molecule has 2 nitrogen and oxygen atoms in total. The van der Waals surface area contributed by atoms with E-state index >= 15 is 0 Å². The fourth-order valence-corrected chi connectivity index (χ4v) is 2.45. The molecule has 0 spiro atoms. The molecule has 112 valence electrons. The second-order valence-electron chi connectivity index (χ2n) is 4.58. The van der Waals surface area contributed by atoms with Crippen molar-refractivity contribution in [3.8, 4) is 0 Å². The molecule has 0 aliphatic carbocycles. The van der Waals surface area contributed by atoms with E-state index in [1.54, 1.807) is 6.08 Å². The molecule has 6 heteroatoms. The smallest absolute Gasteiger partial charge is 0.166 e. The molecular formula is C14H18ClF3N2. The van der Waals surface area contributed by atoms with Gasteiger partial charge in [0.1, 0.15) is 5.82 Å². The Hall–Kier alpha value is -1.04. The minimum absolute atomic E-state index is 0. The van der Waals surface area contributed by atoms with Gasteiger partial charge in [0.25, 0.3) is 0 Å². The Bertz CT molecular complexity index is 462. The number of nitrogens with one attached hydrogen (secondary N) is 1. The number of nitrogens with zero attached hydrogens (tertiary/aromatic N) is 1. The Balaban J connectivity index is 0.00000200. The second kappa shape index (κ2) is 7.67. The number of benzene rings is 1. The van der Waals surface area contributed by atoms with Gasteiger partial charge in [0, 0.05) is 37.8 Å². The average molecular weight is 307 g/mol. The largest absolute Gasteiger partial charge is 0.314 e. The zero-order valence-electron chi connectivity index (χ0n) is 11.0. The Kier molecular flexibility index (Phi) is 6.52. The first-order chi connectivity index (χ1) is 9.15. The summed E-state index contributed by atoms with van der Waals surface area (Å²) in [6, 6.07) is 1.29. The number of piperazine rings is 1. The third-order valence-corrected chi connectivity index (χ3v) is 3.39. The molecule has 1 aliphatic rings. The van der Waals surface area contributed by atoms with Gasteiger partial charge in [0.15, 0.2) is 11.6 Å². The van der Waals surface area contributed by atoms with Crippen LogP contribution in [0.15, 0.2) is 24.8 Å². The molecule has 0 radical (unpaired) electrons. The molecule has 1 aliphatic heterocycles. The zero-order chi connectivity index (χ0) is 13.8. The predicted octanol–water partition coefficient (Wildman–Crippen LogP) is 3.05. The average Bonchev–Trinajstić information content (AvgIpc) is 2.43. The van der Waals surface area contributed by atoms with Crippen molar-refractivity contribution >= 4 is 12.4 Å². The van der Waals surface area contributed by atoms with Crippen LogP contribution in [-0.2, 0) is 0 Å². The molecule has 0 unspecified atom stereocenters. The van der Waals surface area contributed by atoms with Gasteiger partial charge < -0.3 is 5.32 Å². The summed E-state index contributed by atoms with van der Waals surface area (Å²) in [6.45, 7) is 6.48. The van der Waals surface area contributed by atoms with Crippen LogP contribution in [0.25, 0.3) is 0 Å². The summed E-state index contributed by atoms with van der Waals surface area (Å²) in [4.78, 5) is 1.96. The maximum atomic E-state index is 13.9. The summed E-state index contributed by atoms with van der Waals surface area (Å²) in [5.41, 5.74) is -0.193. The van der Waals surface area contributed by atoms with Crippen molar-refractivity contribution in [1.29, 1.82) is 0 Å². The maximum absolute atomic E-state index is 13.9. The molecule has 1 saturated heterocycles. The fraction of sp³-hybridized carbons (Fsp3) is 0.429. The van der Waals surface area contributed by atoms with Crippen molar-refractivity contribution in [2.75, 3.05) is 26.2 Å². The van der Waals surface area contributed by atoms with E-state index < -0.39 is 23.5 Å². The van der Waals surface area contributed by atoms with E-state index in [0.29, 0.717) is 19.5 Å². The molecule has 1 N–H and O–H groups in total. The van der Waals surface area contributed by atoms with Crippen molar-refractivity contribution in [2.24, 2.45) is 0 Å². The number of halogens is 4. The van der Waals surface area contributed by atoms with E-state index in [-0.39, 0.29) is 18.0 Å². The van der Waals surface area contributed by atoms with Gasteiger partial charge >= 0.3 is 0 Å². The van der Waals surface area contributed by atoms with Crippen molar-refractivity contribution in [3.05, 3.63) is 47.8 Å². The topological polar surface area (TPSA) is 15.3 Å². The van der Waals surface area contributed by atoms with Crippen LogP contribution >= 0.6 is 12.4 Å². The first-order valence-corrected chi connectivity index (χ1v) is 6.34. The van der Waals surface area contributed by atoms with Gasteiger partial charge in [-0.1, -0.05) is 6.08 Å². The molecule has 1 atom stereocenters. The first-order valence-electron chi connectivity index (χ1n) is 6.34. The minimum Gasteiger partial charge on any atom is -0.314 e. The van der Waals surface area contributed by atoms with Crippen LogP contribution in [0.5, 0.6) is 0 Å². The lowest BCUT2D eigenvalue weighted by Gasteiger charge is -2.35. The molecule has 1 fully saturated rings. The van der Waals surface area contributed by atoms with Gasteiger partial charge in [-0.05, 0) is 18.6 Å². The SMILES string of the molecule is C=CC[C@@H](c1c(F)ccc(F)c1F)N1CCNCC1.Cl. The molecule has 0 amide bonds. The van der Waals surface area contributed by atoms with Crippen molar-refractivity contribution in [3.63, 3.8) is 0 Å². The van der Waals surface area contributed by atoms with Crippen LogP contribution in [0.2, 0.25) is 0 Å². The van der Waals surface area contributed by atoms with Crippen LogP contribution in [0, 0.1) is 17.5 Å². The van der Waals surface area contributed by atoms with Gasteiger partial charge in [-0.15, -0.1) is 19.0 Å². The summed E-state index contributed by atoms with van der Waals surface area (Å²) in [7, 11) is 0. The van der Waals surface area contributed by atoms with Gasteiger partial charge in [-0.3, -0.25) is 4.90 Å². The van der Waals surface area contributed by atoms with Crippen LogP contribution < -0.4 is 5.32 Å². The van der Waals surface area contributed by atoms with E-state index in [2.05, 4.69) is 11.9 Å². The molecule has 0 bridgehead atoms. The standard InChI is InChI=1S/C14H17F3N2.ClH/c1-2-3-12(19-8-6-18-7-9-19)13-10(15)4-5-11(16)14(13)17;/h2,4-5,12,18H,1,3,6-9H2;1H/t12-;/m0./s1. The highest BCUT2D eigenvalue weighted by Crippen LogP contribution is 2.30. The lowest BCUT2D eigenvalue weighted by molar-refractivity contribution is 0.167. The van der Waals surface area contributed by atoms with E-state index in [4.69, 9.17) is 0 Å². The second-order valence-corrected chi connectivity index (χ2v) is 4.58. The molecule has 1 heterocycles. The fourth-order valence-electron chi connectivity index (χ4n) is 2.45. The summed E-state index contributed by atoms with van der Waals surface area (Å²) >= 11 is 0. The number of rotatable bonds is 4. The highest BCUT2D eigenvalue weighted by atomic mass is 35.5. The van der Waals surface area contributed by atoms with Crippen molar-refractivity contribution < 1.29 is 13.2 Å². The third kappa shape index (κ3) is 3.53. The summed E-state index contributed by atoms with van der Waals surface area (Å²) in [5, 5.41) is 3.17. The lowest BCUT2D eigenvalue weighted by atomic mass is 9.99. The molecular weight excluding hydrogens is 289 g/mol. The van der Waals surface area contributed by atoms with Crippen molar-refractivity contribution in [1.82, 2.24) is 10.2 Å². The van der Waals surface area contributed by atoms with Gasteiger partial charge in [-0.25, -0.2) is 13.2 Å². The van der Waals surface area contributed by atoms with Crippen molar-refractivity contribution in [2.45, 2.75) is 12.5 Å². The molecule has 20 heavy (non-hydrogen) atoms. The van der Waals surface area contributed by atoms with Crippen LogP contribution in [0.3, 0.4) is 0 Å².